The molecule has 0 rings (SSSR count). The van der Waals surface area contributed by atoms with Crippen LogP contribution in [0.15, 0.2) is 0 Å². The number of nitrogens with two attached hydrogens (primary N) is 2. The molecule has 0 saturated carbocycles. The van der Waals surface area contributed by atoms with Gasteiger partial charge >= 0.3 is 11.9 Å². The zero-order valence-corrected chi connectivity index (χ0v) is 17.5. The minimum atomic E-state index is -1.74. The molecule has 15 nitrogen and oxygen atoms in total. The van der Waals surface area contributed by atoms with E-state index in [2.05, 4.69) is 10.6 Å². The molecule has 6 atom stereocenters. The highest BCUT2D eigenvalue weighted by molar-refractivity contribution is 5.96. The van der Waals surface area contributed by atoms with Crippen molar-refractivity contribution in [3.05, 3.63) is 0 Å². The van der Waals surface area contributed by atoms with E-state index < -0.39 is 84.8 Å². The fourth-order valence-electron chi connectivity index (χ4n) is 2.39. The summed E-state index contributed by atoms with van der Waals surface area (Å²) in [5.41, 5.74) is 10.6. The van der Waals surface area contributed by atoms with Crippen LogP contribution in [0.5, 0.6) is 0 Å². The number of carboxylic acid groups (broad SMARTS) is 2. The number of hydrogen-bond acceptors (Lipinski definition) is 9. The molecular weight excluding hydrogens is 434 g/mol. The molecule has 32 heavy (non-hydrogen) atoms. The maximum absolute atomic E-state index is 12.6. The zero-order chi connectivity index (χ0) is 25.2. The lowest BCUT2D eigenvalue weighted by Gasteiger charge is -2.26. The van der Waals surface area contributed by atoms with Gasteiger partial charge < -0.3 is 47.8 Å². The molecule has 182 valence electrons. The molecule has 0 aromatic carbocycles. The lowest BCUT2D eigenvalue weighted by atomic mass is 10.1. The smallest absolute Gasteiger partial charge is 0.328 e. The van der Waals surface area contributed by atoms with Gasteiger partial charge in [-0.3, -0.25) is 24.0 Å². The van der Waals surface area contributed by atoms with Crippen LogP contribution in [0.4, 0.5) is 0 Å². The minimum Gasteiger partial charge on any atom is -0.481 e. The molecule has 0 fully saturated rings. The van der Waals surface area contributed by atoms with Gasteiger partial charge in [0.2, 0.25) is 23.6 Å². The average Bonchev–Trinajstić information content (AvgIpc) is 2.65. The Balaban J connectivity index is 5.41. The number of primary amides is 1. The number of carbonyl (C=O) groups is 6. The van der Waals surface area contributed by atoms with E-state index in [0.29, 0.717) is 0 Å². The molecule has 0 aromatic rings. The van der Waals surface area contributed by atoms with Crippen LogP contribution in [-0.4, -0.2) is 92.4 Å². The van der Waals surface area contributed by atoms with Crippen LogP contribution >= 0.6 is 0 Å². The van der Waals surface area contributed by atoms with E-state index >= 15 is 0 Å². The largest absolute Gasteiger partial charge is 0.481 e. The van der Waals surface area contributed by atoms with Gasteiger partial charge in [-0.05, 0) is 20.3 Å². The molecule has 0 aliphatic carbocycles. The topological polar surface area (TPSA) is 271 Å². The summed E-state index contributed by atoms with van der Waals surface area (Å²) >= 11 is 0. The number of aliphatic hydroxyl groups is 2. The first-order chi connectivity index (χ1) is 14.7. The zero-order valence-electron chi connectivity index (χ0n) is 17.5. The summed E-state index contributed by atoms with van der Waals surface area (Å²) in [6, 6.07) is -6.42. The van der Waals surface area contributed by atoms with Crippen LogP contribution in [0.25, 0.3) is 0 Å². The number of rotatable bonds is 14. The first-order valence-electron chi connectivity index (χ1n) is 9.43. The van der Waals surface area contributed by atoms with E-state index in [1.54, 1.807) is 0 Å². The number of carbonyl (C=O) groups excluding carboxylic acids is 4. The molecule has 0 heterocycles. The summed E-state index contributed by atoms with van der Waals surface area (Å²) in [4.78, 5) is 70.0. The predicted molar refractivity (Wildman–Crippen MR) is 105 cm³/mol. The Labute approximate surface area is 182 Å². The SMILES string of the molecule is CC(O)C(NC(=O)C(NC(=O)C(CC(N)=O)NC(=O)C(N)CCC(=O)O)C(C)O)C(=O)O. The lowest BCUT2D eigenvalue weighted by molar-refractivity contribution is -0.146. The summed E-state index contributed by atoms with van der Waals surface area (Å²) < 4.78 is 0. The summed E-state index contributed by atoms with van der Waals surface area (Å²) in [5.74, 6) is -7.05. The van der Waals surface area contributed by atoms with Gasteiger partial charge in [-0.1, -0.05) is 0 Å². The van der Waals surface area contributed by atoms with Crippen LogP contribution < -0.4 is 27.4 Å². The third-order valence-electron chi connectivity index (χ3n) is 4.15. The van der Waals surface area contributed by atoms with Crippen molar-refractivity contribution in [1.82, 2.24) is 16.0 Å². The van der Waals surface area contributed by atoms with E-state index in [1.807, 2.05) is 5.32 Å². The molecule has 0 aromatic heterocycles. The Hall–Kier alpha value is -3.30. The number of hydrogen-bond donors (Lipinski definition) is 9. The van der Waals surface area contributed by atoms with Crippen molar-refractivity contribution in [2.24, 2.45) is 11.5 Å². The third-order valence-corrected chi connectivity index (χ3v) is 4.15. The summed E-state index contributed by atoms with van der Waals surface area (Å²) in [5, 5.41) is 43.1. The highest BCUT2D eigenvalue weighted by atomic mass is 16.4. The van der Waals surface area contributed by atoms with E-state index in [-0.39, 0.29) is 6.42 Å². The predicted octanol–water partition coefficient (Wildman–Crippen LogP) is -4.65. The van der Waals surface area contributed by atoms with Crippen molar-refractivity contribution in [2.45, 2.75) is 69.5 Å². The lowest BCUT2D eigenvalue weighted by Crippen LogP contribution is -2.61. The molecular formula is C17H29N5O10. The highest BCUT2D eigenvalue weighted by Gasteiger charge is 2.34. The molecule has 15 heteroatoms. The monoisotopic (exact) mass is 463 g/mol. The van der Waals surface area contributed by atoms with Crippen LogP contribution in [0.2, 0.25) is 0 Å². The first-order valence-corrected chi connectivity index (χ1v) is 9.43. The van der Waals surface area contributed by atoms with E-state index in [9.17, 15) is 39.0 Å². The maximum atomic E-state index is 12.6. The second-order valence-electron chi connectivity index (χ2n) is 7.06. The minimum absolute atomic E-state index is 0.263. The molecule has 11 N–H and O–H groups in total. The third kappa shape index (κ3) is 10.1. The molecule has 0 aliphatic rings. The van der Waals surface area contributed by atoms with Gasteiger partial charge in [0.25, 0.3) is 0 Å². The van der Waals surface area contributed by atoms with E-state index in [4.69, 9.17) is 21.7 Å². The molecule has 0 bridgehead atoms. The quantitative estimate of drug-likeness (QED) is 0.118. The Kier molecular flexibility index (Phi) is 11.8. The molecule has 0 radical (unpaired) electrons. The van der Waals surface area contributed by atoms with Crippen molar-refractivity contribution < 1.29 is 49.2 Å². The van der Waals surface area contributed by atoms with Crippen LogP contribution in [0, 0.1) is 0 Å². The molecule has 0 aliphatic heterocycles. The maximum Gasteiger partial charge on any atom is 0.328 e. The molecule has 0 spiro atoms. The number of nitrogens with one attached hydrogen (secondary N) is 3. The van der Waals surface area contributed by atoms with Gasteiger partial charge in [-0.2, -0.15) is 0 Å². The normalized spacial score (nSPS) is 16.4. The number of amides is 4. The second-order valence-corrected chi connectivity index (χ2v) is 7.06. The van der Waals surface area contributed by atoms with Gasteiger partial charge in [-0.15, -0.1) is 0 Å². The molecule has 6 unspecified atom stereocenters. The van der Waals surface area contributed by atoms with Gasteiger partial charge in [0.1, 0.15) is 12.1 Å². The fourth-order valence-corrected chi connectivity index (χ4v) is 2.39. The Morgan fingerprint density at radius 2 is 1.31 bits per heavy atom. The second kappa shape index (κ2) is 13.2. The average molecular weight is 463 g/mol. The summed E-state index contributed by atoms with van der Waals surface area (Å²) in [6.07, 6.45) is -4.47. The van der Waals surface area contributed by atoms with E-state index in [0.717, 1.165) is 13.8 Å². The standard InChI is InChI=1S/C17H29N5O10/c1-6(23)12(16(30)22-13(7(2)24)17(31)32)21-15(29)9(5-10(19)25)20-14(28)8(18)3-4-11(26)27/h6-9,12-13,23-24H,3-5,18H2,1-2H3,(H2,19,25)(H,20,28)(H,21,29)(H,22,30)(H,26,27)(H,31,32). The van der Waals surface area contributed by atoms with Gasteiger partial charge in [0.05, 0.1) is 24.7 Å². The highest BCUT2D eigenvalue weighted by Crippen LogP contribution is 2.02. The van der Waals surface area contributed by atoms with Gasteiger partial charge in [0.15, 0.2) is 6.04 Å². The first kappa shape index (κ1) is 28.7. The van der Waals surface area contributed by atoms with Crippen molar-refractivity contribution >= 4 is 35.6 Å². The van der Waals surface area contributed by atoms with E-state index in [1.165, 1.54) is 0 Å². The van der Waals surface area contributed by atoms with Crippen molar-refractivity contribution in [2.75, 3.05) is 0 Å². The van der Waals surface area contributed by atoms with Crippen LogP contribution in [-0.2, 0) is 28.8 Å². The van der Waals surface area contributed by atoms with Crippen LogP contribution in [0.1, 0.15) is 33.1 Å². The van der Waals surface area contributed by atoms with Gasteiger partial charge in [-0.25, -0.2) is 4.79 Å². The summed E-state index contributed by atoms with van der Waals surface area (Å²) in [6.45, 7) is 2.20. The van der Waals surface area contributed by atoms with Crippen molar-refractivity contribution in [3.8, 4) is 0 Å². The number of aliphatic carboxylic acids is 2. The Bertz CT molecular complexity index is 727. The van der Waals surface area contributed by atoms with Crippen molar-refractivity contribution in [3.63, 3.8) is 0 Å². The Morgan fingerprint density at radius 3 is 1.72 bits per heavy atom. The van der Waals surface area contributed by atoms with Crippen LogP contribution in [0.3, 0.4) is 0 Å². The van der Waals surface area contributed by atoms with Gasteiger partial charge in [0, 0.05) is 6.42 Å². The Morgan fingerprint density at radius 1 is 0.812 bits per heavy atom. The number of carboxylic acids is 2. The molecule has 0 saturated heterocycles. The summed E-state index contributed by atoms with van der Waals surface area (Å²) in [7, 11) is 0. The fraction of sp³-hybridized carbons (Fsp3) is 0.647. The molecule has 4 amide bonds. The van der Waals surface area contributed by atoms with Crippen molar-refractivity contribution in [1.29, 1.82) is 0 Å². The number of aliphatic hydroxyl groups excluding tert-OH is 2.